The van der Waals surface area contributed by atoms with E-state index in [2.05, 4.69) is 10.6 Å². The molecule has 0 aliphatic rings. The first-order chi connectivity index (χ1) is 11.5. The number of benzene rings is 2. The first kappa shape index (κ1) is 17.7. The average Bonchev–Trinajstić information content (AvgIpc) is 2.59. The maximum atomic E-state index is 12.1. The van der Waals surface area contributed by atoms with Crippen molar-refractivity contribution in [3.05, 3.63) is 64.3 Å². The Morgan fingerprint density at radius 1 is 1.17 bits per heavy atom. The van der Waals surface area contributed by atoms with E-state index in [0.29, 0.717) is 27.2 Å². The summed E-state index contributed by atoms with van der Waals surface area (Å²) in [5.74, 6) is 0.0958. The molecule has 1 amide bonds. The summed E-state index contributed by atoms with van der Waals surface area (Å²) in [4.78, 5) is 12.1. The zero-order valence-electron chi connectivity index (χ0n) is 12.6. The van der Waals surface area contributed by atoms with Crippen LogP contribution >= 0.6 is 23.2 Å². The third-order valence-electron chi connectivity index (χ3n) is 3.00. The highest BCUT2D eigenvalue weighted by Crippen LogP contribution is 2.25. The van der Waals surface area contributed by atoms with Crippen molar-refractivity contribution in [3.63, 3.8) is 0 Å². The number of amides is 1. The van der Waals surface area contributed by atoms with Gasteiger partial charge in [0.05, 0.1) is 17.2 Å². The van der Waals surface area contributed by atoms with Crippen LogP contribution in [0.2, 0.25) is 10.0 Å². The summed E-state index contributed by atoms with van der Waals surface area (Å²) in [6.45, 7) is 0. The van der Waals surface area contributed by atoms with E-state index in [1.165, 1.54) is 12.3 Å². The van der Waals surface area contributed by atoms with Crippen LogP contribution in [-0.2, 0) is 4.79 Å². The van der Waals surface area contributed by atoms with Gasteiger partial charge in [-0.05, 0) is 30.3 Å². The number of anilines is 2. The molecule has 2 aromatic carbocycles. The maximum Gasteiger partial charge on any atom is 0.267 e. The highest BCUT2D eigenvalue weighted by molar-refractivity contribution is 6.42. The lowest BCUT2D eigenvalue weighted by atomic mass is 10.2. The van der Waals surface area contributed by atoms with Crippen molar-refractivity contribution < 1.29 is 9.53 Å². The lowest BCUT2D eigenvalue weighted by Gasteiger charge is -2.07. The summed E-state index contributed by atoms with van der Waals surface area (Å²) in [5.41, 5.74) is 1.03. The predicted molar refractivity (Wildman–Crippen MR) is 95.4 cm³/mol. The quantitative estimate of drug-likeness (QED) is 0.608. The zero-order valence-corrected chi connectivity index (χ0v) is 14.2. The monoisotopic (exact) mass is 361 g/mol. The first-order valence-corrected chi connectivity index (χ1v) is 7.56. The number of nitrogens with zero attached hydrogens (tertiary/aromatic N) is 1. The molecule has 0 bridgehead atoms. The minimum absolute atomic E-state index is 0.0936. The smallest absolute Gasteiger partial charge is 0.267 e. The number of hydrogen-bond donors (Lipinski definition) is 2. The Morgan fingerprint density at radius 2 is 1.96 bits per heavy atom. The predicted octanol–water partition coefficient (Wildman–Crippen LogP) is 4.46. The second-order valence-corrected chi connectivity index (χ2v) is 5.44. The summed E-state index contributed by atoms with van der Waals surface area (Å²) >= 11 is 11.7. The van der Waals surface area contributed by atoms with Crippen molar-refractivity contribution >= 4 is 40.5 Å². The maximum absolute atomic E-state index is 12.1. The van der Waals surface area contributed by atoms with E-state index in [9.17, 15) is 4.79 Å². The fourth-order valence-electron chi connectivity index (χ4n) is 1.79. The molecule has 0 fully saturated rings. The van der Waals surface area contributed by atoms with Crippen molar-refractivity contribution in [2.45, 2.75) is 0 Å². The molecule has 122 valence electrons. The van der Waals surface area contributed by atoms with Gasteiger partial charge >= 0.3 is 0 Å². The molecule has 5 nitrogen and oxygen atoms in total. The van der Waals surface area contributed by atoms with E-state index in [-0.39, 0.29) is 5.57 Å². The molecule has 0 saturated heterocycles. The summed E-state index contributed by atoms with van der Waals surface area (Å²) in [5, 5.41) is 15.3. The number of rotatable bonds is 5. The van der Waals surface area contributed by atoms with E-state index in [1.54, 1.807) is 43.5 Å². The normalized spacial score (nSPS) is 10.7. The van der Waals surface area contributed by atoms with E-state index in [0.717, 1.165) is 0 Å². The van der Waals surface area contributed by atoms with Crippen LogP contribution in [0.4, 0.5) is 11.4 Å². The van der Waals surface area contributed by atoms with Gasteiger partial charge in [-0.2, -0.15) is 5.26 Å². The molecule has 0 aliphatic heterocycles. The third-order valence-corrected chi connectivity index (χ3v) is 3.73. The van der Waals surface area contributed by atoms with Crippen LogP contribution in [0, 0.1) is 11.3 Å². The molecule has 0 aromatic heterocycles. The van der Waals surface area contributed by atoms with Crippen molar-refractivity contribution in [3.8, 4) is 11.8 Å². The number of carbonyl (C=O) groups excluding carboxylic acids is 1. The van der Waals surface area contributed by atoms with Gasteiger partial charge in [0.25, 0.3) is 5.91 Å². The first-order valence-electron chi connectivity index (χ1n) is 6.80. The molecule has 0 atom stereocenters. The molecule has 0 aliphatic carbocycles. The van der Waals surface area contributed by atoms with Crippen LogP contribution in [0.15, 0.2) is 54.2 Å². The van der Waals surface area contributed by atoms with Crippen LogP contribution in [0.25, 0.3) is 0 Å². The number of halogens is 2. The Hall–Kier alpha value is -2.68. The van der Waals surface area contributed by atoms with E-state index in [4.69, 9.17) is 33.2 Å². The number of carbonyl (C=O) groups is 1. The van der Waals surface area contributed by atoms with Crippen LogP contribution in [0.1, 0.15) is 0 Å². The second kappa shape index (κ2) is 8.25. The van der Waals surface area contributed by atoms with Gasteiger partial charge < -0.3 is 15.4 Å². The molecule has 2 rings (SSSR count). The Morgan fingerprint density at radius 3 is 2.62 bits per heavy atom. The molecule has 0 spiro atoms. The van der Waals surface area contributed by atoms with Gasteiger partial charge in [0.2, 0.25) is 0 Å². The number of hydrogen-bond acceptors (Lipinski definition) is 4. The Balaban J connectivity index is 2.10. The van der Waals surface area contributed by atoms with E-state index >= 15 is 0 Å². The summed E-state index contributed by atoms with van der Waals surface area (Å²) in [6.07, 6.45) is 1.32. The molecule has 0 saturated carbocycles. The third kappa shape index (κ3) is 4.66. The van der Waals surface area contributed by atoms with Gasteiger partial charge in [-0.3, -0.25) is 4.79 Å². The van der Waals surface area contributed by atoms with Crippen molar-refractivity contribution in [2.24, 2.45) is 0 Å². The molecule has 24 heavy (non-hydrogen) atoms. The topological polar surface area (TPSA) is 74.1 Å². The summed E-state index contributed by atoms with van der Waals surface area (Å²) < 4.78 is 5.11. The van der Waals surface area contributed by atoms with Gasteiger partial charge in [0.1, 0.15) is 17.4 Å². The number of nitriles is 1. The highest BCUT2D eigenvalue weighted by atomic mass is 35.5. The van der Waals surface area contributed by atoms with Crippen LogP contribution < -0.4 is 15.4 Å². The highest BCUT2D eigenvalue weighted by Gasteiger charge is 2.10. The zero-order chi connectivity index (χ0) is 17.5. The Kier molecular flexibility index (Phi) is 6.07. The minimum atomic E-state index is -0.564. The number of nitrogens with one attached hydrogen (secondary N) is 2. The molecule has 0 radical (unpaired) electrons. The van der Waals surface area contributed by atoms with E-state index in [1.807, 2.05) is 6.07 Å². The van der Waals surface area contributed by atoms with Gasteiger partial charge in [-0.25, -0.2) is 0 Å². The molecule has 2 N–H and O–H groups in total. The molecule has 0 unspecified atom stereocenters. The SMILES string of the molecule is COc1cccc(N/C=C(/C#N)C(=O)Nc2ccc(Cl)c(Cl)c2)c1. The van der Waals surface area contributed by atoms with Crippen molar-refractivity contribution in [1.82, 2.24) is 0 Å². The lowest BCUT2D eigenvalue weighted by molar-refractivity contribution is -0.112. The minimum Gasteiger partial charge on any atom is -0.497 e. The molecular weight excluding hydrogens is 349 g/mol. The fraction of sp³-hybridized carbons (Fsp3) is 0.0588. The Bertz CT molecular complexity index is 829. The molecule has 7 heteroatoms. The van der Waals surface area contributed by atoms with Crippen molar-refractivity contribution in [2.75, 3.05) is 17.7 Å². The Labute approximate surface area is 149 Å². The second-order valence-electron chi connectivity index (χ2n) is 4.63. The van der Waals surface area contributed by atoms with Crippen molar-refractivity contribution in [1.29, 1.82) is 5.26 Å². The summed E-state index contributed by atoms with van der Waals surface area (Å²) in [7, 11) is 1.56. The van der Waals surface area contributed by atoms with Crippen LogP contribution in [0.5, 0.6) is 5.75 Å². The van der Waals surface area contributed by atoms with Gasteiger partial charge in [0.15, 0.2) is 0 Å². The molecular formula is C17H13Cl2N3O2. The molecule has 0 heterocycles. The van der Waals surface area contributed by atoms with Crippen LogP contribution in [-0.4, -0.2) is 13.0 Å². The molecule has 2 aromatic rings. The largest absolute Gasteiger partial charge is 0.497 e. The van der Waals surface area contributed by atoms with Gasteiger partial charge in [0, 0.05) is 23.6 Å². The number of ether oxygens (including phenoxy) is 1. The van der Waals surface area contributed by atoms with Gasteiger partial charge in [-0.1, -0.05) is 29.3 Å². The lowest BCUT2D eigenvalue weighted by Crippen LogP contribution is -2.14. The summed E-state index contributed by atoms with van der Waals surface area (Å²) in [6, 6.07) is 13.6. The standard InChI is InChI=1S/C17H13Cl2N3O2/c1-24-14-4-2-3-12(7-14)21-10-11(9-20)17(23)22-13-5-6-15(18)16(19)8-13/h2-8,10,21H,1H3,(H,22,23)/b11-10-. The average molecular weight is 362 g/mol. The van der Waals surface area contributed by atoms with E-state index < -0.39 is 5.91 Å². The van der Waals surface area contributed by atoms with Gasteiger partial charge in [-0.15, -0.1) is 0 Å². The van der Waals surface area contributed by atoms with Crippen LogP contribution in [0.3, 0.4) is 0 Å². The number of methoxy groups -OCH3 is 1. The fourth-order valence-corrected chi connectivity index (χ4v) is 2.09.